The largest absolute Gasteiger partial charge is 0.448 e. The van der Waals surface area contributed by atoms with Crippen LogP contribution in [-0.4, -0.2) is 30.3 Å². The van der Waals surface area contributed by atoms with E-state index in [0.717, 1.165) is 37.2 Å². The lowest BCUT2D eigenvalue weighted by atomic mass is 10.1. The van der Waals surface area contributed by atoms with E-state index in [4.69, 9.17) is 5.73 Å². The lowest BCUT2D eigenvalue weighted by Gasteiger charge is -2.10. The molecule has 0 aliphatic heterocycles. The Balaban J connectivity index is 1.85. The van der Waals surface area contributed by atoms with Crippen LogP contribution in [0.4, 0.5) is 4.32 Å². The van der Waals surface area contributed by atoms with Gasteiger partial charge in [0.25, 0.3) is 0 Å². The summed E-state index contributed by atoms with van der Waals surface area (Å²) in [4.78, 5) is 0. The van der Waals surface area contributed by atoms with Gasteiger partial charge in [0.1, 0.15) is 0 Å². The van der Waals surface area contributed by atoms with Gasteiger partial charge in [-0.2, -0.15) is 0 Å². The first-order valence-corrected chi connectivity index (χ1v) is 7.43. The van der Waals surface area contributed by atoms with E-state index in [2.05, 4.69) is 24.4 Å². The number of halogens is 1. The fourth-order valence-corrected chi connectivity index (χ4v) is 2.84. The summed E-state index contributed by atoms with van der Waals surface area (Å²) in [7, 11) is -0.446. The van der Waals surface area contributed by atoms with Gasteiger partial charge in [0.15, 0.2) is 0 Å². The Morgan fingerprint density at radius 3 is 3.00 bits per heavy atom. The van der Waals surface area contributed by atoms with E-state index in [9.17, 15) is 4.32 Å². The Bertz CT molecular complexity index is 498. The first kappa shape index (κ1) is 15.3. The second kappa shape index (κ2) is 6.14. The lowest BCUT2D eigenvalue weighted by Crippen LogP contribution is -2.33. The molecule has 1 fully saturated rings. The zero-order chi connectivity index (χ0) is 14.8. The van der Waals surface area contributed by atoms with Crippen molar-refractivity contribution in [1.82, 2.24) is 9.79 Å². The van der Waals surface area contributed by atoms with Crippen molar-refractivity contribution in [3.05, 3.63) is 35.2 Å². The average Bonchev–Trinajstić information content (AvgIpc) is 2.97. The Labute approximate surface area is 121 Å². The van der Waals surface area contributed by atoms with E-state index in [1.54, 1.807) is 4.48 Å². The second-order valence-corrected chi connectivity index (χ2v) is 5.85. The van der Waals surface area contributed by atoms with Crippen molar-refractivity contribution in [3.8, 4) is 0 Å². The maximum Gasteiger partial charge on any atom is 0.448 e. The fraction of sp³-hybridized carbons (Fsp3) is 0.600. The predicted octanol–water partition coefficient (Wildman–Crippen LogP) is 1.76. The van der Waals surface area contributed by atoms with Crippen molar-refractivity contribution >= 4 is 7.69 Å². The molecule has 1 heterocycles. The van der Waals surface area contributed by atoms with Gasteiger partial charge in [-0.15, -0.1) is 0 Å². The Morgan fingerprint density at radius 2 is 2.35 bits per heavy atom. The number of hydrogen-bond acceptors (Lipinski definition) is 2. The summed E-state index contributed by atoms with van der Waals surface area (Å²) in [5.41, 5.74) is 9.32. The van der Waals surface area contributed by atoms with Crippen molar-refractivity contribution in [1.29, 1.82) is 0 Å². The fourth-order valence-electron chi connectivity index (χ4n) is 2.84. The molecule has 5 heteroatoms. The van der Waals surface area contributed by atoms with Crippen LogP contribution < -0.4 is 11.1 Å². The Hall–Kier alpha value is -1.07. The van der Waals surface area contributed by atoms with Gasteiger partial charge in [-0.3, -0.25) is 0 Å². The van der Waals surface area contributed by atoms with E-state index < -0.39 is 7.69 Å². The minimum Gasteiger partial charge on any atom is -0.366 e. The summed E-state index contributed by atoms with van der Waals surface area (Å²) < 4.78 is 14.8. The number of nitrogens with zero attached hydrogens (tertiary/aromatic N) is 1. The average molecular weight is 277 g/mol. The third-order valence-electron chi connectivity index (χ3n) is 4.21. The molecule has 1 saturated carbocycles. The number of rotatable bonds is 7. The minimum atomic E-state index is -0.446. The van der Waals surface area contributed by atoms with Crippen LogP contribution in [0.25, 0.3) is 0 Å². The molecule has 0 saturated heterocycles. The third kappa shape index (κ3) is 3.15. The van der Waals surface area contributed by atoms with Crippen molar-refractivity contribution in [2.24, 2.45) is 5.73 Å². The molecule has 1 aromatic rings. The van der Waals surface area contributed by atoms with Crippen LogP contribution in [0.3, 0.4) is 0 Å². The summed E-state index contributed by atoms with van der Waals surface area (Å²) in [6.07, 6.45) is 7.10. The van der Waals surface area contributed by atoms with Gasteiger partial charge < -0.3 is 19.8 Å². The Kier molecular flexibility index (Phi) is 4.71. The molecule has 20 heavy (non-hydrogen) atoms. The van der Waals surface area contributed by atoms with E-state index in [-0.39, 0.29) is 5.54 Å². The van der Waals surface area contributed by atoms with Gasteiger partial charge in [0.05, 0.1) is 5.54 Å². The van der Waals surface area contributed by atoms with Gasteiger partial charge in [0, 0.05) is 24.0 Å². The summed E-state index contributed by atoms with van der Waals surface area (Å²) in [6.45, 7) is 6.95. The summed E-state index contributed by atoms with van der Waals surface area (Å²) >= 11 is 0. The molecule has 1 aliphatic carbocycles. The highest BCUT2D eigenvalue weighted by atomic mass is 19.1. The molecule has 0 amide bonds. The molecular weight excluding hydrogens is 252 g/mol. The summed E-state index contributed by atoms with van der Waals surface area (Å²) in [5.74, 6) is 0. The SMILES string of the molecule is CC/C=C\C1(N)C[C@H]1NCCc1c(C)cc(C)n1BF. The number of aromatic nitrogens is 1. The highest BCUT2D eigenvalue weighted by Gasteiger charge is 2.48. The molecule has 110 valence electrons. The molecule has 0 bridgehead atoms. The van der Waals surface area contributed by atoms with Gasteiger partial charge >= 0.3 is 7.69 Å². The van der Waals surface area contributed by atoms with Crippen LogP contribution in [0, 0.1) is 13.8 Å². The number of hydrogen-bond donors (Lipinski definition) is 2. The van der Waals surface area contributed by atoms with Crippen LogP contribution in [0.2, 0.25) is 0 Å². The molecule has 1 aliphatic rings. The number of nitrogens with two attached hydrogens (primary N) is 1. The summed E-state index contributed by atoms with van der Waals surface area (Å²) in [6, 6.07) is 2.41. The zero-order valence-electron chi connectivity index (χ0n) is 12.7. The molecule has 0 spiro atoms. The van der Waals surface area contributed by atoms with E-state index in [0.29, 0.717) is 6.04 Å². The number of nitrogens with one attached hydrogen (secondary N) is 1. The monoisotopic (exact) mass is 277 g/mol. The third-order valence-corrected chi connectivity index (χ3v) is 4.21. The first-order valence-electron chi connectivity index (χ1n) is 7.43. The Morgan fingerprint density at radius 1 is 1.60 bits per heavy atom. The molecule has 3 N–H and O–H groups in total. The highest BCUT2D eigenvalue weighted by molar-refractivity contribution is 6.24. The molecule has 2 rings (SSSR count). The first-order chi connectivity index (χ1) is 9.51. The standard InChI is InChI=1S/C15H25BFN3/c1-4-5-7-15(18)10-14(15)19-8-6-13-11(2)9-12(3)20(13)16-17/h5,7,9,14,16,19H,4,6,8,10,18H2,1-3H3/b7-5-/t14-,15?/m1/s1. The van der Waals surface area contributed by atoms with Crippen LogP contribution >= 0.6 is 0 Å². The summed E-state index contributed by atoms with van der Waals surface area (Å²) in [5, 5.41) is 3.48. The van der Waals surface area contributed by atoms with Crippen LogP contribution in [0.5, 0.6) is 0 Å². The quantitative estimate of drug-likeness (QED) is 0.589. The lowest BCUT2D eigenvalue weighted by molar-refractivity contribution is 0.623. The van der Waals surface area contributed by atoms with Gasteiger partial charge in [0.2, 0.25) is 0 Å². The molecule has 2 atom stereocenters. The van der Waals surface area contributed by atoms with Crippen molar-refractivity contribution in [2.45, 2.75) is 51.6 Å². The zero-order valence-corrected chi connectivity index (χ0v) is 12.7. The molecule has 0 radical (unpaired) electrons. The maximum atomic E-state index is 13.0. The minimum absolute atomic E-state index is 0.164. The van der Waals surface area contributed by atoms with E-state index in [1.165, 1.54) is 5.56 Å². The highest BCUT2D eigenvalue weighted by Crippen LogP contribution is 2.34. The van der Waals surface area contributed by atoms with Crippen molar-refractivity contribution < 1.29 is 4.32 Å². The van der Waals surface area contributed by atoms with Gasteiger partial charge in [-0.25, -0.2) is 0 Å². The predicted molar refractivity (Wildman–Crippen MR) is 84.0 cm³/mol. The molecule has 0 aromatic carbocycles. The molecule has 1 aromatic heterocycles. The second-order valence-electron chi connectivity index (χ2n) is 5.85. The maximum absolute atomic E-state index is 13.0. The smallest absolute Gasteiger partial charge is 0.366 e. The van der Waals surface area contributed by atoms with E-state index in [1.807, 2.05) is 19.9 Å². The number of aryl methyl sites for hydroxylation is 2. The van der Waals surface area contributed by atoms with Crippen LogP contribution in [-0.2, 0) is 6.42 Å². The van der Waals surface area contributed by atoms with Gasteiger partial charge in [-0.1, -0.05) is 19.1 Å². The van der Waals surface area contributed by atoms with Crippen molar-refractivity contribution in [3.63, 3.8) is 0 Å². The van der Waals surface area contributed by atoms with Crippen molar-refractivity contribution in [2.75, 3.05) is 6.54 Å². The van der Waals surface area contributed by atoms with Gasteiger partial charge in [-0.05, 0) is 44.7 Å². The molecular formula is C15H25BFN3. The topological polar surface area (TPSA) is 43.0 Å². The van der Waals surface area contributed by atoms with Crippen LogP contribution in [0.15, 0.2) is 18.2 Å². The van der Waals surface area contributed by atoms with E-state index >= 15 is 0 Å². The molecule has 1 unspecified atom stereocenters. The number of allylic oxidation sites excluding steroid dienone is 1. The normalized spacial score (nSPS) is 25.4. The van der Waals surface area contributed by atoms with Crippen LogP contribution in [0.1, 0.15) is 36.7 Å². The molecule has 3 nitrogen and oxygen atoms in total.